The Morgan fingerprint density at radius 3 is 2.65 bits per heavy atom. The summed E-state index contributed by atoms with van der Waals surface area (Å²) < 4.78 is 15.5. The Labute approximate surface area is 138 Å². The Balaban J connectivity index is 2.33. The number of rotatable bonds is 4. The minimum atomic E-state index is -0.258. The van der Waals surface area contributed by atoms with E-state index in [1.807, 2.05) is 12.1 Å². The molecule has 0 aromatic heterocycles. The summed E-state index contributed by atoms with van der Waals surface area (Å²) in [6.07, 6.45) is 0.417. The first-order valence-corrected chi connectivity index (χ1v) is 7.82. The van der Waals surface area contributed by atoms with Crippen LogP contribution < -0.4 is 11.3 Å². The highest BCUT2D eigenvalue weighted by molar-refractivity contribution is 9.10. The van der Waals surface area contributed by atoms with E-state index in [-0.39, 0.29) is 11.9 Å². The number of hydrogen-bond donors (Lipinski definition) is 2. The van der Waals surface area contributed by atoms with Gasteiger partial charge in [0.2, 0.25) is 0 Å². The molecule has 1 atom stereocenters. The Bertz CT molecular complexity index is 622. The standard InChI is InChI=1S/C14H12Br2ClFN2/c15-9-1-4-13(18)8(5-9)6-14(20-19)11-7-10(17)2-3-12(11)16/h1-5,7,14,20H,6,19H2. The van der Waals surface area contributed by atoms with Crippen LogP contribution in [0.25, 0.3) is 0 Å². The minimum absolute atomic E-state index is 0.244. The largest absolute Gasteiger partial charge is 0.271 e. The molecule has 106 valence electrons. The van der Waals surface area contributed by atoms with Gasteiger partial charge in [-0.1, -0.05) is 43.5 Å². The van der Waals surface area contributed by atoms with Crippen molar-refractivity contribution in [3.63, 3.8) is 0 Å². The van der Waals surface area contributed by atoms with Gasteiger partial charge in [0.05, 0.1) is 6.04 Å². The highest BCUT2D eigenvalue weighted by Crippen LogP contribution is 2.29. The van der Waals surface area contributed by atoms with Gasteiger partial charge in [-0.05, 0) is 53.9 Å². The van der Waals surface area contributed by atoms with Gasteiger partial charge in [0, 0.05) is 14.0 Å². The van der Waals surface area contributed by atoms with Crippen molar-refractivity contribution >= 4 is 43.5 Å². The van der Waals surface area contributed by atoms with Crippen LogP contribution in [0.3, 0.4) is 0 Å². The molecule has 2 aromatic carbocycles. The highest BCUT2D eigenvalue weighted by atomic mass is 79.9. The second-order valence-electron chi connectivity index (χ2n) is 4.32. The zero-order valence-corrected chi connectivity index (χ0v) is 14.3. The summed E-state index contributed by atoms with van der Waals surface area (Å²) in [6, 6.07) is 10.0. The molecule has 0 aliphatic heterocycles. The number of nitrogens with one attached hydrogen (secondary N) is 1. The van der Waals surface area contributed by atoms with Crippen molar-refractivity contribution in [3.05, 3.63) is 67.3 Å². The fourth-order valence-corrected chi connectivity index (χ4v) is 3.07. The van der Waals surface area contributed by atoms with Gasteiger partial charge in [0.25, 0.3) is 0 Å². The van der Waals surface area contributed by atoms with E-state index >= 15 is 0 Å². The van der Waals surface area contributed by atoms with Crippen molar-refractivity contribution in [2.75, 3.05) is 0 Å². The van der Waals surface area contributed by atoms with Gasteiger partial charge < -0.3 is 0 Å². The number of benzene rings is 2. The molecule has 20 heavy (non-hydrogen) atoms. The Hall–Kier alpha value is -0.460. The van der Waals surface area contributed by atoms with E-state index in [1.165, 1.54) is 6.07 Å². The lowest BCUT2D eigenvalue weighted by atomic mass is 9.99. The van der Waals surface area contributed by atoms with E-state index in [2.05, 4.69) is 37.3 Å². The summed E-state index contributed by atoms with van der Waals surface area (Å²) in [5.74, 6) is 5.35. The molecular weight excluding hydrogens is 410 g/mol. The van der Waals surface area contributed by atoms with Crippen molar-refractivity contribution in [1.29, 1.82) is 0 Å². The normalized spacial score (nSPS) is 12.4. The van der Waals surface area contributed by atoms with Crippen molar-refractivity contribution in [1.82, 2.24) is 5.43 Å². The molecule has 2 nitrogen and oxygen atoms in total. The topological polar surface area (TPSA) is 38.0 Å². The van der Waals surface area contributed by atoms with Crippen LogP contribution in [0.1, 0.15) is 17.2 Å². The van der Waals surface area contributed by atoms with Crippen molar-refractivity contribution in [2.45, 2.75) is 12.5 Å². The van der Waals surface area contributed by atoms with Crippen LogP contribution in [-0.2, 0) is 6.42 Å². The van der Waals surface area contributed by atoms with Crippen molar-refractivity contribution < 1.29 is 4.39 Å². The summed E-state index contributed by atoms with van der Waals surface area (Å²) in [5.41, 5.74) is 4.18. The molecule has 0 radical (unpaired) electrons. The van der Waals surface area contributed by atoms with Crippen LogP contribution in [0.4, 0.5) is 4.39 Å². The lowest BCUT2D eigenvalue weighted by Gasteiger charge is -2.19. The first kappa shape index (κ1) is 15.9. The molecule has 0 bridgehead atoms. The summed E-state index contributed by atoms with van der Waals surface area (Å²) in [6.45, 7) is 0. The maximum Gasteiger partial charge on any atom is 0.126 e. The number of hydrogen-bond acceptors (Lipinski definition) is 2. The van der Waals surface area contributed by atoms with Crippen LogP contribution in [-0.4, -0.2) is 0 Å². The van der Waals surface area contributed by atoms with Gasteiger partial charge in [-0.3, -0.25) is 11.3 Å². The van der Waals surface area contributed by atoms with Crippen molar-refractivity contribution in [3.8, 4) is 0 Å². The fraction of sp³-hybridized carbons (Fsp3) is 0.143. The van der Waals surface area contributed by atoms with Crippen LogP contribution in [0, 0.1) is 5.82 Å². The average molecular weight is 423 g/mol. The maximum atomic E-state index is 13.8. The van der Waals surface area contributed by atoms with E-state index in [0.29, 0.717) is 17.0 Å². The maximum absolute atomic E-state index is 13.8. The quantitative estimate of drug-likeness (QED) is 0.551. The van der Waals surface area contributed by atoms with Gasteiger partial charge in [-0.15, -0.1) is 0 Å². The molecule has 6 heteroatoms. The third kappa shape index (κ3) is 3.80. The van der Waals surface area contributed by atoms with Crippen LogP contribution in [0.2, 0.25) is 5.02 Å². The molecule has 3 N–H and O–H groups in total. The minimum Gasteiger partial charge on any atom is -0.271 e. The molecule has 2 aromatic rings. The van der Waals surface area contributed by atoms with Gasteiger partial charge >= 0.3 is 0 Å². The number of halogens is 4. The molecule has 0 heterocycles. The van der Waals surface area contributed by atoms with E-state index in [9.17, 15) is 4.39 Å². The molecule has 1 unspecified atom stereocenters. The average Bonchev–Trinajstić information content (AvgIpc) is 2.42. The van der Waals surface area contributed by atoms with E-state index in [1.54, 1.807) is 18.2 Å². The first-order chi connectivity index (χ1) is 9.51. The SMILES string of the molecule is NNC(Cc1cc(Br)ccc1F)c1cc(Cl)ccc1Br. The fourth-order valence-electron chi connectivity index (χ4n) is 1.96. The molecule has 0 aliphatic carbocycles. The third-order valence-corrected chi connectivity index (χ3v) is 4.42. The predicted molar refractivity (Wildman–Crippen MR) is 87.0 cm³/mol. The third-order valence-electron chi connectivity index (χ3n) is 2.97. The van der Waals surface area contributed by atoms with Gasteiger partial charge in [0.1, 0.15) is 5.82 Å². The second kappa shape index (κ2) is 7.00. The molecular formula is C14H12Br2ClFN2. The van der Waals surface area contributed by atoms with Crippen LogP contribution in [0.5, 0.6) is 0 Å². The lowest BCUT2D eigenvalue weighted by Crippen LogP contribution is -2.30. The molecule has 0 saturated carbocycles. The lowest BCUT2D eigenvalue weighted by molar-refractivity contribution is 0.527. The molecule has 0 saturated heterocycles. The summed E-state index contributed by atoms with van der Waals surface area (Å²) in [4.78, 5) is 0. The van der Waals surface area contributed by atoms with Crippen LogP contribution >= 0.6 is 43.5 Å². The monoisotopic (exact) mass is 420 g/mol. The Morgan fingerprint density at radius 1 is 1.20 bits per heavy atom. The smallest absolute Gasteiger partial charge is 0.126 e. The predicted octanol–water partition coefficient (Wildman–Crippen LogP) is 4.75. The van der Waals surface area contributed by atoms with Crippen molar-refractivity contribution in [2.24, 2.45) is 5.84 Å². The van der Waals surface area contributed by atoms with E-state index < -0.39 is 0 Å². The van der Waals surface area contributed by atoms with E-state index in [0.717, 1.165) is 14.5 Å². The van der Waals surface area contributed by atoms with Gasteiger partial charge in [-0.25, -0.2) is 4.39 Å². The zero-order chi connectivity index (χ0) is 14.7. The molecule has 0 fully saturated rings. The Morgan fingerprint density at radius 2 is 1.95 bits per heavy atom. The summed E-state index contributed by atoms with van der Waals surface area (Å²) in [7, 11) is 0. The van der Waals surface area contributed by atoms with Gasteiger partial charge in [0.15, 0.2) is 0 Å². The molecule has 0 aliphatic rings. The highest BCUT2D eigenvalue weighted by Gasteiger charge is 2.16. The van der Waals surface area contributed by atoms with Gasteiger partial charge in [-0.2, -0.15) is 0 Å². The summed E-state index contributed by atoms with van der Waals surface area (Å²) in [5, 5.41) is 0.609. The molecule has 0 spiro atoms. The first-order valence-electron chi connectivity index (χ1n) is 5.86. The second-order valence-corrected chi connectivity index (χ2v) is 6.53. The number of hydrazine groups is 1. The molecule has 0 amide bonds. The van der Waals surface area contributed by atoms with E-state index in [4.69, 9.17) is 17.4 Å². The van der Waals surface area contributed by atoms with Crippen LogP contribution in [0.15, 0.2) is 45.3 Å². The zero-order valence-electron chi connectivity index (χ0n) is 10.3. The summed E-state index contributed by atoms with van der Waals surface area (Å²) >= 11 is 12.8. The molecule has 2 rings (SSSR count). The number of nitrogens with two attached hydrogens (primary N) is 1. The Kier molecular flexibility index (Phi) is 5.57.